The van der Waals surface area contributed by atoms with Gasteiger partial charge < -0.3 is 14.2 Å². The minimum atomic E-state index is -5.82. The largest absolute Gasteiger partial charge is 0.482 e. The Balaban J connectivity index is 2.67. The third-order valence-electron chi connectivity index (χ3n) is 5.27. The lowest BCUT2D eigenvalue weighted by atomic mass is 9.70. The summed E-state index contributed by atoms with van der Waals surface area (Å²) in [6, 6.07) is 5.56. The van der Waals surface area contributed by atoms with Crippen molar-refractivity contribution in [2.45, 2.75) is 66.5 Å². The van der Waals surface area contributed by atoms with Gasteiger partial charge in [0.1, 0.15) is 11.5 Å². The van der Waals surface area contributed by atoms with E-state index in [2.05, 4.69) is 25.5 Å². The van der Waals surface area contributed by atoms with E-state index >= 15 is 0 Å². The first-order chi connectivity index (χ1) is 14.9. The Bertz CT molecular complexity index is 795. The van der Waals surface area contributed by atoms with Crippen LogP contribution in [-0.2, 0) is 14.3 Å². The summed E-state index contributed by atoms with van der Waals surface area (Å²) in [5.41, 5.74) is -0.372. The zero-order chi connectivity index (χ0) is 25.7. The molecule has 1 unspecified atom stereocenters. The van der Waals surface area contributed by atoms with Crippen molar-refractivity contribution in [3.8, 4) is 11.5 Å². The van der Waals surface area contributed by atoms with Crippen LogP contribution in [0.15, 0.2) is 24.3 Å². The maximum Gasteiger partial charge on any atom is 0.456 e. The average Bonchev–Trinajstić information content (AvgIpc) is 2.68. The molecule has 188 valence electrons. The second-order valence-corrected chi connectivity index (χ2v) is 9.68. The normalized spacial score (nSPS) is 13.9. The fourth-order valence-electron chi connectivity index (χ4n) is 2.67. The van der Waals surface area contributed by atoms with Gasteiger partial charge in [0.05, 0.1) is 5.92 Å². The summed E-state index contributed by atoms with van der Waals surface area (Å²) in [4.78, 5) is 24.2. The zero-order valence-corrected chi connectivity index (χ0v) is 19.6. The van der Waals surface area contributed by atoms with Crippen LogP contribution in [0.3, 0.4) is 0 Å². The fraction of sp³-hybridized carbons (Fsp3) is 0.652. The molecule has 0 amide bonds. The van der Waals surface area contributed by atoms with Gasteiger partial charge in [-0.3, -0.25) is 4.79 Å². The third kappa shape index (κ3) is 9.17. The van der Waals surface area contributed by atoms with Gasteiger partial charge in [-0.25, -0.2) is 4.79 Å². The van der Waals surface area contributed by atoms with E-state index in [9.17, 15) is 31.5 Å². The minimum Gasteiger partial charge on any atom is -0.482 e. The zero-order valence-electron chi connectivity index (χ0n) is 19.6. The van der Waals surface area contributed by atoms with Crippen molar-refractivity contribution in [1.29, 1.82) is 0 Å². The molecule has 0 fully saturated rings. The maximum absolute atomic E-state index is 12.8. The van der Waals surface area contributed by atoms with Crippen LogP contribution in [0.1, 0.15) is 54.4 Å². The molecule has 33 heavy (non-hydrogen) atoms. The highest BCUT2D eigenvalue weighted by atomic mass is 19.4. The third-order valence-corrected chi connectivity index (χ3v) is 5.27. The van der Waals surface area contributed by atoms with Gasteiger partial charge in [-0.15, -0.1) is 0 Å². The van der Waals surface area contributed by atoms with E-state index in [0.717, 1.165) is 6.42 Å². The standard InChI is InChI=1S/C23H31F5O5/c1-7-21(5,6)12-17(20(2,3)4)19(30)33-16-10-8-15(9-11-16)31-13-18(29)32-14-22(24,25)23(26,27)28/h8-11,17H,7,12-14H2,1-6H3. The topological polar surface area (TPSA) is 61.8 Å². The molecule has 0 heterocycles. The van der Waals surface area contributed by atoms with Crippen LogP contribution >= 0.6 is 0 Å². The highest BCUT2D eigenvalue weighted by Crippen LogP contribution is 2.39. The van der Waals surface area contributed by atoms with E-state index in [4.69, 9.17) is 9.47 Å². The van der Waals surface area contributed by atoms with E-state index in [1.807, 2.05) is 20.8 Å². The molecule has 1 aromatic carbocycles. The molecule has 0 saturated heterocycles. The number of carbonyl (C=O) groups is 2. The number of esters is 2. The molecule has 0 aliphatic rings. The Hall–Kier alpha value is -2.39. The van der Waals surface area contributed by atoms with E-state index < -0.39 is 31.3 Å². The van der Waals surface area contributed by atoms with Crippen LogP contribution in [0.5, 0.6) is 11.5 Å². The highest BCUT2D eigenvalue weighted by Gasteiger charge is 2.58. The number of ether oxygens (including phenoxy) is 3. The molecule has 0 aromatic heterocycles. The monoisotopic (exact) mass is 482 g/mol. The van der Waals surface area contributed by atoms with Crippen molar-refractivity contribution in [2.24, 2.45) is 16.7 Å². The Morgan fingerprint density at radius 2 is 1.42 bits per heavy atom. The van der Waals surface area contributed by atoms with Gasteiger partial charge in [0.2, 0.25) is 0 Å². The quantitative estimate of drug-likeness (QED) is 0.226. The summed E-state index contributed by atoms with van der Waals surface area (Å²) < 4.78 is 76.2. The van der Waals surface area contributed by atoms with Gasteiger partial charge in [-0.1, -0.05) is 48.0 Å². The first kappa shape index (κ1) is 28.6. The molecular weight excluding hydrogens is 451 g/mol. The predicted octanol–water partition coefficient (Wildman–Crippen LogP) is 6.20. The molecule has 0 spiro atoms. The first-order valence-electron chi connectivity index (χ1n) is 10.4. The van der Waals surface area contributed by atoms with Gasteiger partial charge in [-0.05, 0) is 41.5 Å². The molecule has 0 aliphatic heterocycles. The number of alkyl halides is 5. The number of benzene rings is 1. The molecule has 0 aliphatic carbocycles. The number of rotatable bonds is 10. The van der Waals surface area contributed by atoms with Crippen molar-refractivity contribution in [3.05, 3.63) is 24.3 Å². The van der Waals surface area contributed by atoms with Crippen LogP contribution in [0.25, 0.3) is 0 Å². The summed E-state index contributed by atoms with van der Waals surface area (Å²) in [7, 11) is 0. The van der Waals surface area contributed by atoms with Crippen LogP contribution in [-0.4, -0.2) is 37.3 Å². The molecular formula is C23H31F5O5. The summed E-state index contributed by atoms with van der Waals surface area (Å²) in [5.74, 6) is -6.93. The number of hydrogen-bond donors (Lipinski definition) is 0. The maximum atomic E-state index is 12.8. The van der Waals surface area contributed by atoms with Crippen molar-refractivity contribution >= 4 is 11.9 Å². The minimum absolute atomic E-state index is 0.0483. The molecule has 1 rings (SSSR count). The van der Waals surface area contributed by atoms with Gasteiger partial charge in [0.15, 0.2) is 13.2 Å². The molecule has 1 aromatic rings. The molecule has 0 bridgehead atoms. The fourth-order valence-corrected chi connectivity index (χ4v) is 2.67. The number of carbonyl (C=O) groups excluding carboxylic acids is 2. The van der Waals surface area contributed by atoms with E-state index in [-0.39, 0.29) is 34.2 Å². The highest BCUT2D eigenvalue weighted by molar-refractivity contribution is 5.76. The van der Waals surface area contributed by atoms with E-state index in [1.165, 1.54) is 24.3 Å². The van der Waals surface area contributed by atoms with Crippen molar-refractivity contribution in [3.63, 3.8) is 0 Å². The van der Waals surface area contributed by atoms with Gasteiger partial charge in [0, 0.05) is 0 Å². The lowest BCUT2D eigenvalue weighted by molar-refractivity contribution is -0.294. The van der Waals surface area contributed by atoms with Crippen LogP contribution in [0.2, 0.25) is 0 Å². The van der Waals surface area contributed by atoms with Gasteiger partial charge >= 0.3 is 24.0 Å². The predicted molar refractivity (Wildman–Crippen MR) is 111 cm³/mol. The average molecular weight is 482 g/mol. The van der Waals surface area contributed by atoms with E-state index in [1.54, 1.807) is 0 Å². The molecule has 0 radical (unpaired) electrons. The SMILES string of the molecule is CCC(C)(C)CC(C(=O)Oc1ccc(OCC(=O)OCC(F)(F)C(F)(F)F)cc1)C(C)(C)C. The van der Waals surface area contributed by atoms with Crippen LogP contribution in [0.4, 0.5) is 22.0 Å². The number of hydrogen-bond acceptors (Lipinski definition) is 5. The molecule has 0 saturated carbocycles. The molecule has 0 N–H and O–H groups in total. The Kier molecular flexibility index (Phi) is 9.28. The van der Waals surface area contributed by atoms with Crippen LogP contribution < -0.4 is 9.47 Å². The Labute approximate surface area is 190 Å². The van der Waals surface area contributed by atoms with Crippen LogP contribution in [0, 0.1) is 16.7 Å². The lowest BCUT2D eigenvalue weighted by Crippen LogP contribution is -2.41. The number of halogens is 5. The summed E-state index contributed by atoms with van der Waals surface area (Å²) in [6.45, 7) is 9.12. The smallest absolute Gasteiger partial charge is 0.456 e. The lowest BCUT2D eigenvalue weighted by Gasteiger charge is -2.35. The first-order valence-corrected chi connectivity index (χ1v) is 10.4. The van der Waals surface area contributed by atoms with Gasteiger partial charge in [-0.2, -0.15) is 22.0 Å². The molecule has 5 nitrogen and oxygen atoms in total. The van der Waals surface area contributed by atoms with Crippen molar-refractivity contribution in [1.82, 2.24) is 0 Å². The summed E-state index contributed by atoms with van der Waals surface area (Å²) in [6.07, 6.45) is -4.28. The van der Waals surface area contributed by atoms with Crippen molar-refractivity contribution < 1.29 is 45.8 Å². The van der Waals surface area contributed by atoms with Crippen molar-refractivity contribution in [2.75, 3.05) is 13.2 Å². The van der Waals surface area contributed by atoms with E-state index in [0.29, 0.717) is 6.42 Å². The second kappa shape index (κ2) is 10.7. The Morgan fingerprint density at radius 3 is 1.88 bits per heavy atom. The molecule has 10 heteroatoms. The molecule has 1 atom stereocenters. The Morgan fingerprint density at radius 1 is 0.909 bits per heavy atom. The summed E-state index contributed by atoms with van der Waals surface area (Å²) in [5, 5.41) is 0. The summed E-state index contributed by atoms with van der Waals surface area (Å²) >= 11 is 0. The second-order valence-electron chi connectivity index (χ2n) is 9.68. The van der Waals surface area contributed by atoms with Gasteiger partial charge in [0.25, 0.3) is 0 Å².